The molecule has 0 atom stereocenters. The summed E-state index contributed by atoms with van der Waals surface area (Å²) in [5.41, 5.74) is 2.11. The number of nitrogens with zero attached hydrogens (tertiary/aromatic N) is 2. The molecule has 1 heterocycles. The summed E-state index contributed by atoms with van der Waals surface area (Å²) in [6.45, 7) is 5.03. The maximum atomic E-state index is 11.1. The van der Waals surface area contributed by atoms with Gasteiger partial charge in [0.05, 0.1) is 11.4 Å². The molecule has 1 N–H and O–H groups in total. The second-order valence-corrected chi connectivity index (χ2v) is 7.07. The van der Waals surface area contributed by atoms with Crippen molar-refractivity contribution in [3.63, 3.8) is 0 Å². The van der Waals surface area contributed by atoms with Crippen LogP contribution < -0.4 is 5.32 Å². The molecule has 1 aromatic rings. The van der Waals surface area contributed by atoms with Crippen LogP contribution in [0.25, 0.3) is 0 Å². The Morgan fingerprint density at radius 1 is 1.37 bits per heavy atom. The van der Waals surface area contributed by atoms with E-state index in [2.05, 4.69) is 23.3 Å². The first-order valence-corrected chi connectivity index (χ1v) is 8.47. The van der Waals surface area contributed by atoms with Crippen molar-refractivity contribution in [1.29, 1.82) is 0 Å². The van der Waals surface area contributed by atoms with Crippen LogP contribution in [-0.4, -0.2) is 50.4 Å². The second-order valence-electron chi connectivity index (χ2n) is 4.81. The van der Waals surface area contributed by atoms with Gasteiger partial charge in [0.15, 0.2) is 0 Å². The van der Waals surface area contributed by atoms with Crippen LogP contribution in [-0.2, 0) is 22.9 Å². The monoisotopic (exact) mass is 285 g/mol. The summed E-state index contributed by atoms with van der Waals surface area (Å²) in [5, 5.41) is 3.24. The topological polar surface area (TPSA) is 62.3 Å². The molecular formula is C13H23N3O2S. The Kier molecular flexibility index (Phi) is 6.41. The van der Waals surface area contributed by atoms with Crippen molar-refractivity contribution in [2.75, 3.05) is 32.1 Å². The Morgan fingerprint density at radius 2 is 2.11 bits per heavy atom. The summed E-state index contributed by atoms with van der Waals surface area (Å²) in [7, 11) is -0.997. The fraction of sp³-hybridized carbons (Fsp3) is 0.615. The number of hydrogen-bond donors (Lipinski definition) is 1. The Labute approximate surface area is 116 Å². The predicted molar refractivity (Wildman–Crippen MR) is 77.7 cm³/mol. The Hall–Kier alpha value is -0.980. The van der Waals surface area contributed by atoms with Gasteiger partial charge in [0.25, 0.3) is 0 Å². The molecular weight excluding hydrogens is 262 g/mol. The van der Waals surface area contributed by atoms with Gasteiger partial charge >= 0.3 is 0 Å². The summed E-state index contributed by atoms with van der Waals surface area (Å²) < 4.78 is 22.2. The zero-order chi connectivity index (χ0) is 14.3. The molecule has 108 valence electrons. The van der Waals surface area contributed by atoms with E-state index in [1.807, 2.05) is 24.2 Å². The van der Waals surface area contributed by atoms with Crippen LogP contribution in [0.2, 0.25) is 0 Å². The first kappa shape index (κ1) is 16.1. The highest BCUT2D eigenvalue weighted by Gasteiger charge is 2.06. The lowest BCUT2D eigenvalue weighted by molar-refractivity contribution is 0.342. The lowest BCUT2D eigenvalue weighted by atomic mass is 10.2. The van der Waals surface area contributed by atoms with E-state index in [1.165, 1.54) is 6.26 Å². The van der Waals surface area contributed by atoms with Gasteiger partial charge in [-0.15, -0.1) is 0 Å². The van der Waals surface area contributed by atoms with Crippen LogP contribution in [0, 0.1) is 0 Å². The predicted octanol–water partition coefficient (Wildman–Crippen LogP) is 0.668. The molecule has 0 saturated heterocycles. The van der Waals surface area contributed by atoms with E-state index in [1.54, 1.807) is 0 Å². The maximum Gasteiger partial charge on any atom is 0.148 e. The molecule has 0 fully saturated rings. The Morgan fingerprint density at radius 3 is 2.63 bits per heavy atom. The van der Waals surface area contributed by atoms with E-state index in [9.17, 15) is 8.42 Å². The summed E-state index contributed by atoms with van der Waals surface area (Å²) in [5.74, 6) is 0.183. The third kappa shape index (κ3) is 7.25. The number of sulfone groups is 1. The molecule has 0 unspecified atom stereocenters. The van der Waals surface area contributed by atoms with E-state index in [4.69, 9.17) is 0 Å². The number of nitrogens with one attached hydrogen (secondary N) is 1. The number of hydrogen-bond acceptors (Lipinski definition) is 5. The molecule has 6 heteroatoms. The van der Waals surface area contributed by atoms with Crippen molar-refractivity contribution < 1.29 is 8.42 Å². The summed E-state index contributed by atoms with van der Waals surface area (Å²) in [6.07, 6.45) is 3.12. The van der Waals surface area contributed by atoms with E-state index in [-0.39, 0.29) is 5.75 Å². The first-order valence-electron chi connectivity index (χ1n) is 6.41. The zero-order valence-electron chi connectivity index (χ0n) is 11.9. The molecule has 0 radical (unpaired) electrons. The van der Waals surface area contributed by atoms with Gasteiger partial charge in [-0.25, -0.2) is 8.42 Å². The van der Waals surface area contributed by atoms with Gasteiger partial charge in [0, 0.05) is 32.1 Å². The van der Waals surface area contributed by atoms with Gasteiger partial charge in [0.1, 0.15) is 9.84 Å². The highest BCUT2D eigenvalue weighted by atomic mass is 32.2. The van der Waals surface area contributed by atoms with Gasteiger partial charge in [-0.1, -0.05) is 13.0 Å². The highest BCUT2D eigenvalue weighted by Crippen LogP contribution is 2.03. The van der Waals surface area contributed by atoms with Crippen molar-refractivity contribution in [1.82, 2.24) is 15.2 Å². The van der Waals surface area contributed by atoms with Crippen LogP contribution >= 0.6 is 0 Å². The molecule has 5 nitrogen and oxygen atoms in total. The average molecular weight is 285 g/mol. The van der Waals surface area contributed by atoms with Gasteiger partial charge in [-0.2, -0.15) is 0 Å². The minimum Gasteiger partial charge on any atom is -0.313 e. The van der Waals surface area contributed by atoms with Crippen molar-refractivity contribution in [3.8, 4) is 0 Å². The summed E-state index contributed by atoms with van der Waals surface area (Å²) >= 11 is 0. The maximum absolute atomic E-state index is 11.1. The zero-order valence-corrected chi connectivity index (χ0v) is 12.7. The van der Waals surface area contributed by atoms with Crippen LogP contribution in [0.3, 0.4) is 0 Å². The lowest BCUT2D eigenvalue weighted by Crippen LogP contribution is -2.25. The number of aromatic nitrogens is 1. The Balaban J connectivity index is 2.44. The third-order valence-corrected chi connectivity index (χ3v) is 3.66. The quantitative estimate of drug-likeness (QED) is 0.760. The molecule has 0 aliphatic carbocycles. The molecule has 1 aromatic heterocycles. The normalized spacial score (nSPS) is 12.0. The van der Waals surface area contributed by atoms with Crippen molar-refractivity contribution >= 4 is 9.84 Å². The van der Waals surface area contributed by atoms with Crippen LogP contribution in [0.1, 0.15) is 18.2 Å². The van der Waals surface area contributed by atoms with Gasteiger partial charge in [-0.05, 0) is 25.2 Å². The SMILES string of the molecule is CCNCc1ccc(CN(C)CCS(C)(=O)=O)nc1. The molecule has 0 spiro atoms. The number of pyridine rings is 1. The minimum atomic E-state index is -2.90. The summed E-state index contributed by atoms with van der Waals surface area (Å²) in [4.78, 5) is 6.35. The largest absolute Gasteiger partial charge is 0.313 e. The molecule has 0 aliphatic heterocycles. The van der Waals surface area contributed by atoms with Crippen molar-refractivity contribution in [2.45, 2.75) is 20.0 Å². The van der Waals surface area contributed by atoms with Gasteiger partial charge < -0.3 is 5.32 Å². The van der Waals surface area contributed by atoms with E-state index in [0.717, 1.165) is 24.3 Å². The molecule has 0 saturated carbocycles. The van der Waals surface area contributed by atoms with E-state index >= 15 is 0 Å². The number of rotatable bonds is 8. The minimum absolute atomic E-state index is 0.183. The molecule has 0 aromatic carbocycles. The van der Waals surface area contributed by atoms with Crippen LogP contribution in [0.4, 0.5) is 0 Å². The third-order valence-electron chi connectivity index (χ3n) is 2.74. The lowest BCUT2D eigenvalue weighted by Gasteiger charge is -2.15. The Bertz CT molecular complexity index is 471. The smallest absolute Gasteiger partial charge is 0.148 e. The van der Waals surface area contributed by atoms with Gasteiger partial charge in [0.2, 0.25) is 0 Å². The fourth-order valence-corrected chi connectivity index (χ4v) is 2.24. The van der Waals surface area contributed by atoms with E-state index in [0.29, 0.717) is 13.1 Å². The average Bonchev–Trinajstić information content (AvgIpc) is 2.35. The molecule has 19 heavy (non-hydrogen) atoms. The first-order chi connectivity index (χ1) is 8.90. The summed E-state index contributed by atoms with van der Waals surface area (Å²) in [6, 6.07) is 4.04. The molecule has 0 aliphatic rings. The van der Waals surface area contributed by atoms with Gasteiger partial charge in [-0.3, -0.25) is 9.88 Å². The van der Waals surface area contributed by atoms with Crippen LogP contribution in [0.5, 0.6) is 0 Å². The fourth-order valence-electron chi connectivity index (χ4n) is 1.60. The van der Waals surface area contributed by atoms with E-state index < -0.39 is 9.84 Å². The van der Waals surface area contributed by atoms with Crippen molar-refractivity contribution in [3.05, 3.63) is 29.6 Å². The highest BCUT2D eigenvalue weighted by molar-refractivity contribution is 7.90. The molecule has 1 rings (SSSR count). The molecule has 0 amide bonds. The second kappa shape index (κ2) is 7.57. The standard InChI is InChI=1S/C13H23N3O2S/c1-4-14-9-12-5-6-13(15-10-12)11-16(2)7-8-19(3,17)18/h5-6,10,14H,4,7-9,11H2,1-3H3. The molecule has 0 bridgehead atoms. The van der Waals surface area contributed by atoms with Crippen molar-refractivity contribution in [2.24, 2.45) is 0 Å². The van der Waals surface area contributed by atoms with Crippen LogP contribution in [0.15, 0.2) is 18.3 Å².